The van der Waals surface area contributed by atoms with E-state index in [-0.39, 0.29) is 10.8 Å². The number of furan rings is 1. The van der Waals surface area contributed by atoms with E-state index in [4.69, 9.17) is 4.42 Å². The minimum Gasteiger partial charge on any atom is -0.455 e. The third-order valence-electron chi connectivity index (χ3n) is 13.9. The van der Waals surface area contributed by atoms with Crippen molar-refractivity contribution in [3.63, 3.8) is 0 Å². The topological polar surface area (TPSA) is 16.4 Å². The van der Waals surface area contributed by atoms with Gasteiger partial charge < -0.3 is 9.32 Å². The summed E-state index contributed by atoms with van der Waals surface area (Å²) >= 11 is 0. The van der Waals surface area contributed by atoms with Crippen LogP contribution >= 0.6 is 0 Å². The van der Waals surface area contributed by atoms with Gasteiger partial charge >= 0.3 is 0 Å². The molecule has 2 nitrogen and oxygen atoms in total. The highest BCUT2D eigenvalue weighted by Crippen LogP contribution is 2.56. The van der Waals surface area contributed by atoms with Gasteiger partial charge in [-0.3, -0.25) is 0 Å². The Labute approximate surface area is 363 Å². The van der Waals surface area contributed by atoms with E-state index in [1.165, 1.54) is 66.8 Å². The van der Waals surface area contributed by atoms with Crippen LogP contribution in [0.2, 0.25) is 0 Å². The van der Waals surface area contributed by atoms with Gasteiger partial charge in [0.05, 0.1) is 11.4 Å². The molecule has 2 heteroatoms. The fourth-order valence-corrected chi connectivity index (χ4v) is 11.0. The Hall–Kier alpha value is -7.42. The molecular weight excluding hydrogens is 751 g/mol. The van der Waals surface area contributed by atoms with E-state index in [1.807, 2.05) is 6.07 Å². The lowest BCUT2D eigenvalue weighted by atomic mass is 9.79. The summed E-state index contributed by atoms with van der Waals surface area (Å²) in [6, 6.07) is 73.5. The maximum absolute atomic E-state index is 6.73. The molecule has 0 amide bonds. The van der Waals surface area contributed by atoms with Crippen LogP contribution in [0, 0.1) is 0 Å². The molecule has 2 aliphatic carbocycles. The summed E-state index contributed by atoms with van der Waals surface area (Å²) in [5.41, 5.74) is 22.6. The van der Waals surface area contributed by atoms with Gasteiger partial charge in [-0.25, -0.2) is 0 Å². The molecule has 0 radical (unpaired) electrons. The van der Waals surface area contributed by atoms with Gasteiger partial charge in [-0.2, -0.15) is 0 Å². The molecule has 2 aliphatic rings. The van der Waals surface area contributed by atoms with Crippen molar-refractivity contribution in [1.29, 1.82) is 0 Å². The second kappa shape index (κ2) is 13.5. The van der Waals surface area contributed by atoms with Crippen molar-refractivity contribution in [2.75, 3.05) is 4.90 Å². The third kappa shape index (κ3) is 5.23. The molecule has 0 spiro atoms. The predicted molar refractivity (Wildman–Crippen MR) is 260 cm³/mol. The van der Waals surface area contributed by atoms with E-state index in [9.17, 15) is 0 Å². The average Bonchev–Trinajstić information content (AvgIpc) is 3.90. The van der Waals surface area contributed by atoms with Crippen LogP contribution in [0.15, 0.2) is 205 Å². The summed E-state index contributed by atoms with van der Waals surface area (Å²) in [5, 5.41) is 2.24. The molecule has 0 aliphatic heterocycles. The molecule has 1 heterocycles. The lowest BCUT2D eigenvalue weighted by Gasteiger charge is -2.31. The molecule has 0 atom stereocenters. The monoisotopic (exact) mass is 795 g/mol. The minimum absolute atomic E-state index is 0.119. The first-order valence-electron chi connectivity index (χ1n) is 21.8. The van der Waals surface area contributed by atoms with Crippen LogP contribution < -0.4 is 4.90 Å². The summed E-state index contributed by atoms with van der Waals surface area (Å²) in [5.74, 6) is 0. The van der Waals surface area contributed by atoms with Crippen LogP contribution in [0.4, 0.5) is 17.1 Å². The molecule has 1 aromatic heterocycles. The molecule has 10 aromatic rings. The smallest absolute Gasteiger partial charge is 0.143 e. The van der Waals surface area contributed by atoms with Crippen molar-refractivity contribution in [3.05, 3.63) is 222 Å². The molecule has 9 aromatic carbocycles. The number of para-hydroxylation sites is 4. The maximum atomic E-state index is 6.73. The second-order valence-corrected chi connectivity index (χ2v) is 18.0. The second-order valence-electron chi connectivity index (χ2n) is 18.0. The van der Waals surface area contributed by atoms with Gasteiger partial charge in [-0.05, 0) is 91.5 Å². The van der Waals surface area contributed by atoms with Gasteiger partial charge in [0.2, 0.25) is 0 Å². The number of anilines is 3. The zero-order valence-corrected chi connectivity index (χ0v) is 35.4. The Morgan fingerprint density at radius 3 is 1.68 bits per heavy atom. The van der Waals surface area contributed by atoms with E-state index in [2.05, 4.69) is 227 Å². The van der Waals surface area contributed by atoms with Crippen molar-refractivity contribution in [2.24, 2.45) is 0 Å². The highest BCUT2D eigenvalue weighted by Gasteiger charge is 2.39. The Balaban J connectivity index is 1.12. The standard InChI is InChI=1S/C60H45NO/c1-59(2)51-32-11-6-25-49(51)56-45(27-18-33-52(56)59)42-22-7-12-34-53(42)61(54-35-13-8-23-43(54)47-29-17-30-48-44-24-9-14-36-55(44)62-58(47)48)39-20-15-19-38(37-39)40-26-16-28-46-41-21-5-10-31-50(41)60(3,4)57(40)46/h5-37H,1-4H3. The highest BCUT2D eigenvalue weighted by atomic mass is 16.3. The van der Waals surface area contributed by atoms with Crippen LogP contribution in [-0.4, -0.2) is 0 Å². The van der Waals surface area contributed by atoms with E-state index < -0.39 is 0 Å². The molecule has 0 N–H and O–H groups in total. The first kappa shape index (κ1) is 36.4. The quantitative estimate of drug-likeness (QED) is 0.167. The van der Waals surface area contributed by atoms with Gasteiger partial charge in [0.25, 0.3) is 0 Å². The summed E-state index contributed by atoms with van der Waals surface area (Å²) in [6.45, 7) is 9.47. The first-order chi connectivity index (χ1) is 30.3. The molecule has 62 heavy (non-hydrogen) atoms. The van der Waals surface area contributed by atoms with Crippen LogP contribution in [0.1, 0.15) is 49.9 Å². The highest BCUT2D eigenvalue weighted by molar-refractivity contribution is 6.11. The molecular formula is C60H45NO. The van der Waals surface area contributed by atoms with Gasteiger partial charge in [-0.1, -0.05) is 198 Å². The first-order valence-corrected chi connectivity index (χ1v) is 21.8. The number of hydrogen-bond donors (Lipinski definition) is 0. The Morgan fingerprint density at radius 2 is 0.887 bits per heavy atom. The van der Waals surface area contributed by atoms with Gasteiger partial charge in [0.15, 0.2) is 0 Å². The molecule has 0 fully saturated rings. The Kier molecular flexibility index (Phi) is 7.96. The SMILES string of the molecule is CC1(C)c2ccccc2-c2c(-c3ccccc3N(c3cccc(-c4cccc5c4C(C)(C)c4ccccc4-5)c3)c3ccccc3-c3cccc4c3oc3ccccc34)cccc21. The van der Waals surface area contributed by atoms with Crippen LogP contribution in [0.3, 0.4) is 0 Å². The molecule has 0 saturated heterocycles. The van der Waals surface area contributed by atoms with E-state index in [0.29, 0.717) is 0 Å². The van der Waals surface area contributed by atoms with Crippen LogP contribution in [0.25, 0.3) is 77.6 Å². The summed E-state index contributed by atoms with van der Waals surface area (Å²) in [4.78, 5) is 2.49. The molecule has 296 valence electrons. The Morgan fingerprint density at radius 1 is 0.371 bits per heavy atom. The van der Waals surface area contributed by atoms with E-state index in [1.54, 1.807) is 0 Å². The molecule has 0 unspecified atom stereocenters. The van der Waals surface area contributed by atoms with E-state index >= 15 is 0 Å². The van der Waals surface area contributed by atoms with Crippen molar-refractivity contribution in [3.8, 4) is 55.6 Å². The molecule has 0 saturated carbocycles. The zero-order chi connectivity index (χ0) is 41.7. The summed E-state index contributed by atoms with van der Waals surface area (Å²) in [7, 11) is 0. The van der Waals surface area contributed by atoms with Gasteiger partial charge in [-0.15, -0.1) is 0 Å². The molecule has 0 bridgehead atoms. The third-order valence-corrected chi connectivity index (χ3v) is 13.9. The van der Waals surface area contributed by atoms with Crippen molar-refractivity contribution >= 4 is 39.0 Å². The van der Waals surface area contributed by atoms with Crippen LogP contribution in [-0.2, 0) is 10.8 Å². The number of nitrogens with zero attached hydrogens (tertiary/aromatic N) is 1. The lowest BCUT2D eigenvalue weighted by molar-refractivity contribution is 0.660. The van der Waals surface area contributed by atoms with Crippen LogP contribution in [0.5, 0.6) is 0 Å². The average molecular weight is 796 g/mol. The number of fused-ring (bicyclic) bond motifs is 9. The lowest BCUT2D eigenvalue weighted by Crippen LogP contribution is -2.16. The fourth-order valence-electron chi connectivity index (χ4n) is 11.0. The van der Waals surface area contributed by atoms with Gasteiger partial charge in [0, 0.05) is 44.0 Å². The zero-order valence-electron chi connectivity index (χ0n) is 35.4. The Bertz CT molecular complexity index is 3430. The van der Waals surface area contributed by atoms with Gasteiger partial charge in [0.1, 0.15) is 11.2 Å². The normalized spacial score (nSPS) is 14.1. The maximum Gasteiger partial charge on any atom is 0.143 e. The molecule has 12 rings (SSSR count). The van der Waals surface area contributed by atoms with Crippen molar-refractivity contribution in [2.45, 2.75) is 38.5 Å². The number of benzene rings is 9. The largest absolute Gasteiger partial charge is 0.455 e. The van der Waals surface area contributed by atoms with Crippen molar-refractivity contribution in [1.82, 2.24) is 0 Å². The number of rotatable bonds is 6. The summed E-state index contributed by atoms with van der Waals surface area (Å²) < 4.78 is 6.73. The van der Waals surface area contributed by atoms with Crippen molar-refractivity contribution < 1.29 is 4.42 Å². The number of hydrogen-bond acceptors (Lipinski definition) is 2. The predicted octanol–water partition coefficient (Wildman–Crippen LogP) is 16.7. The summed E-state index contributed by atoms with van der Waals surface area (Å²) in [6.07, 6.45) is 0. The van der Waals surface area contributed by atoms with E-state index in [0.717, 1.165) is 50.1 Å². The minimum atomic E-state index is -0.152. The fraction of sp³-hybridized carbons (Fsp3) is 0.100.